The smallest absolute Gasteiger partial charge is 0.407 e. The summed E-state index contributed by atoms with van der Waals surface area (Å²) in [5.74, 6) is 2.61. The largest absolute Gasteiger partial charge is 0.453 e. The molecule has 0 radical (unpaired) electrons. The molecule has 3 aliphatic carbocycles. The van der Waals surface area contributed by atoms with E-state index < -0.39 is 12.1 Å². The van der Waals surface area contributed by atoms with Gasteiger partial charge in [0.15, 0.2) is 5.78 Å². The fraction of sp³-hybridized carbons (Fsp3) is 0.889. The van der Waals surface area contributed by atoms with Crippen LogP contribution in [0.5, 0.6) is 0 Å². The third-order valence-corrected chi connectivity index (χ3v) is 5.81. The molecule has 3 fully saturated rings. The van der Waals surface area contributed by atoms with E-state index in [-0.39, 0.29) is 17.6 Å². The molecule has 3 saturated carbocycles. The van der Waals surface area contributed by atoms with Gasteiger partial charge < -0.3 is 10.1 Å². The Hall–Kier alpha value is -1.06. The monoisotopic (exact) mass is 309 g/mol. The Morgan fingerprint density at radius 2 is 1.55 bits per heavy atom. The van der Waals surface area contributed by atoms with E-state index in [1.165, 1.54) is 32.8 Å². The van der Waals surface area contributed by atoms with Gasteiger partial charge in [-0.25, -0.2) is 4.79 Å². The number of hydrogen-bond acceptors (Lipinski definition) is 3. The number of methoxy groups -OCH3 is 1. The van der Waals surface area contributed by atoms with Gasteiger partial charge in [-0.1, -0.05) is 27.7 Å². The van der Waals surface area contributed by atoms with Crippen molar-refractivity contribution in [1.29, 1.82) is 0 Å². The molecule has 1 unspecified atom stereocenters. The summed E-state index contributed by atoms with van der Waals surface area (Å²) in [4.78, 5) is 24.8. The summed E-state index contributed by atoms with van der Waals surface area (Å²) in [5.41, 5.74) is 0. The maximum atomic E-state index is 13.2. The van der Waals surface area contributed by atoms with Crippen molar-refractivity contribution in [2.45, 2.75) is 59.4 Å². The van der Waals surface area contributed by atoms with Gasteiger partial charge in [0, 0.05) is 5.92 Å². The number of Topliss-reactive ketones (excluding diaryl/α,β-unsaturated/α-hetero) is 1. The number of nitrogens with one attached hydrogen (secondary N) is 1. The quantitative estimate of drug-likeness (QED) is 0.843. The van der Waals surface area contributed by atoms with E-state index in [0.717, 1.165) is 0 Å². The van der Waals surface area contributed by atoms with Crippen molar-refractivity contribution in [3.63, 3.8) is 0 Å². The summed E-state index contributed by atoms with van der Waals surface area (Å²) in [6.07, 6.45) is 4.39. The molecule has 4 nitrogen and oxygen atoms in total. The average Bonchev–Trinajstić information content (AvgIpc) is 2.51. The van der Waals surface area contributed by atoms with Crippen molar-refractivity contribution in [3.05, 3.63) is 0 Å². The van der Waals surface area contributed by atoms with Crippen LogP contribution in [0.3, 0.4) is 0 Å². The number of amides is 1. The van der Waals surface area contributed by atoms with Crippen LogP contribution in [0.2, 0.25) is 0 Å². The molecule has 0 spiro atoms. The lowest BCUT2D eigenvalue weighted by Gasteiger charge is -2.50. The molecule has 3 atom stereocenters. The minimum Gasteiger partial charge on any atom is -0.453 e. The highest BCUT2D eigenvalue weighted by molar-refractivity contribution is 5.90. The predicted molar refractivity (Wildman–Crippen MR) is 86.4 cm³/mol. The van der Waals surface area contributed by atoms with Crippen LogP contribution in [-0.2, 0) is 9.53 Å². The molecule has 1 N–H and O–H groups in total. The minimum atomic E-state index is -0.505. The molecule has 0 saturated heterocycles. The van der Waals surface area contributed by atoms with Gasteiger partial charge in [-0.2, -0.15) is 0 Å². The molecule has 1 amide bonds. The highest BCUT2D eigenvalue weighted by Crippen LogP contribution is 2.52. The lowest BCUT2D eigenvalue weighted by Crippen LogP contribution is -2.54. The second kappa shape index (κ2) is 7.01. The number of fused-ring (bicyclic) bond motifs is 3. The second-order valence-electron chi connectivity index (χ2n) is 7.78. The molecule has 126 valence electrons. The van der Waals surface area contributed by atoms with E-state index in [4.69, 9.17) is 4.74 Å². The van der Waals surface area contributed by atoms with Crippen LogP contribution in [0.4, 0.5) is 4.79 Å². The Labute approximate surface area is 134 Å². The van der Waals surface area contributed by atoms with E-state index in [0.29, 0.717) is 23.7 Å². The van der Waals surface area contributed by atoms with Crippen LogP contribution in [-0.4, -0.2) is 25.0 Å². The highest BCUT2D eigenvalue weighted by atomic mass is 16.5. The number of alkyl carbamates (subject to hydrolysis) is 1. The lowest BCUT2D eigenvalue weighted by atomic mass is 9.54. The molecule has 0 aromatic rings. The summed E-state index contributed by atoms with van der Waals surface area (Å²) < 4.78 is 4.70. The number of hydrogen-bond donors (Lipinski definition) is 1. The van der Waals surface area contributed by atoms with Gasteiger partial charge in [0.05, 0.1) is 13.2 Å². The number of ketones is 1. The normalized spacial score (nSPS) is 32.1. The van der Waals surface area contributed by atoms with E-state index in [1.807, 2.05) is 13.8 Å². The van der Waals surface area contributed by atoms with Crippen LogP contribution in [0, 0.1) is 35.5 Å². The molecular weight excluding hydrogens is 278 g/mol. The van der Waals surface area contributed by atoms with Gasteiger partial charge in [-0.05, 0) is 55.3 Å². The first-order valence-electron chi connectivity index (χ1n) is 8.75. The minimum absolute atomic E-state index is 0.0832. The Morgan fingerprint density at radius 1 is 1.00 bits per heavy atom. The lowest BCUT2D eigenvalue weighted by molar-refractivity contribution is -0.137. The molecule has 0 aromatic heterocycles. The third kappa shape index (κ3) is 3.31. The van der Waals surface area contributed by atoms with E-state index in [2.05, 4.69) is 19.2 Å². The zero-order valence-electron chi connectivity index (χ0n) is 14.6. The molecule has 4 heteroatoms. The summed E-state index contributed by atoms with van der Waals surface area (Å²) in [5, 5.41) is 2.77. The highest BCUT2D eigenvalue weighted by Gasteiger charge is 2.49. The van der Waals surface area contributed by atoms with Crippen LogP contribution in [0.1, 0.15) is 53.4 Å². The van der Waals surface area contributed by atoms with Gasteiger partial charge in [-0.3, -0.25) is 4.79 Å². The van der Waals surface area contributed by atoms with Crippen molar-refractivity contribution in [2.24, 2.45) is 35.5 Å². The van der Waals surface area contributed by atoms with Gasteiger partial charge in [-0.15, -0.1) is 0 Å². The van der Waals surface area contributed by atoms with E-state index in [1.54, 1.807) is 0 Å². The predicted octanol–water partition coefficient (Wildman–Crippen LogP) is 3.64. The Balaban J connectivity index is 2.22. The van der Waals surface area contributed by atoms with Crippen molar-refractivity contribution in [1.82, 2.24) is 5.32 Å². The molecule has 22 heavy (non-hydrogen) atoms. The molecule has 0 heterocycles. The SMILES string of the molecule is COC(=O)N[C@H](C(=O)C1C2CCC(CC2)[C@H]1C(C)C)C(C)C. The van der Waals surface area contributed by atoms with E-state index >= 15 is 0 Å². The Bertz CT molecular complexity index is 411. The standard InChI is InChI=1S/C18H31NO3/c1-10(2)14-12-6-8-13(9-7-12)15(14)17(20)16(11(3)4)19-18(21)22-5/h10-16H,6-9H2,1-5H3,(H,19,21)/t12?,13?,14-,15?,16+/m1/s1. The Morgan fingerprint density at radius 3 is 2.00 bits per heavy atom. The Kier molecular flexibility index (Phi) is 5.51. The maximum Gasteiger partial charge on any atom is 0.407 e. The summed E-state index contributed by atoms with van der Waals surface area (Å²) in [7, 11) is 1.34. The van der Waals surface area contributed by atoms with Crippen LogP contribution in [0.15, 0.2) is 0 Å². The van der Waals surface area contributed by atoms with Crippen LogP contribution >= 0.6 is 0 Å². The first kappa shape index (κ1) is 17.3. The zero-order valence-corrected chi connectivity index (χ0v) is 14.6. The number of rotatable bonds is 5. The summed E-state index contributed by atoms with van der Waals surface area (Å²) >= 11 is 0. The van der Waals surface area contributed by atoms with Crippen molar-refractivity contribution in [2.75, 3.05) is 7.11 Å². The first-order chi connectivity index (χ1) is 10.4. The fourth-order valence-corrected chi connectivity index (χ4v) is 4.84. The zero-order chi connectivity index (χ0) is 16.4. The fourth-order valence-electron chi connectivity index (χ4n) is 4.84. The first-order valence-corrected chi connectivity index (χ1v) is 8.75. The average molecular weight is 309 g/mol. The third-order valence-electron chi connectivity index (χ3n) is 5.81. The molecular formula is C18H31NO3. The molecule has 3 rings (SSSR count). The maximum absolute atomic E-state index is 13.2. The summed E-state index contributed by atoms with van der Waals surface area (Å²) in [6.45, 7) is 8.46. The van der Waals surface area contributed by atoms with E-state index in [9.17, 15) is 9.59 Å². The second-order valence-corrected chi connectivity index (χ2v) is 7.78. The molecule has 0 aliphatic heterocycles. The topological polar surface area (TPSA) is 55.4 Å². The summed E-state index contributed by atoms with van der Waals surface area (Å²) in [6, 6.07) is -0.432. The van der Waals surface area contributed by atoms with Gasteiger partial charge in [0.1, 0.15) is 0 Å². The number of carbonyl (C=O) groups is 2. The van der Waals surface area contributed by atoms with Gasteiger partial charge in [0.25, 0.3) is 0 Å². The van der Waals surface area contributed by atoms with Gasteiger partial charge in [0.2, 0.25) is 0 Å². The molecule has 2 bridgehead atoms. The number of ether oxygens (including phenoxy) is 1. The van der Waals surface area contributed by atoms with Crippen LogP contribution in [0.25, 0.3) is 0 Å². The van der Waals surface area contributed by atoms with Crippen molar-refractivity contribution in [3.8, 4) is 0 Å². The van der Waals surface area contributed by atoms with Gasteiger partial charge >= 0.3 is 6.09 Å². The molecule has 3 aliphatic rings. The van der Waals surface area contributed by atoms with Crippen molar-refractivity contribution >= 4 is 11.9 Å². The van der Waals surface area contributed by atoms with Crippen molar-refractivity contribution < 1.29 is 14.3 Å². The number of carbonyl (C=O) groups excluding carboxylic acids is 2. The molecule has 0 aromatic carbocycles. The van der Waals surface area contributed by atoms with Crippen LogP contribution < -0.4 is 5.32 Å².